The molecular weight excluding hydrogens is 234 g/mol. The smallest absolute Gasteiger partial charge is 0.0316 e. The molecule has 0 aromatic heterocycles. The van der Waals surface area contributed by atoms with Gasteiger partial charge in [-0.2, -0.15) is 0 Å². The van der Waals surface area contributed by atoms with Gasteiger partial charge in [-0.25, -0.2) is 0 Å². The van der Waals surface area contributed by atoms with E-state index in [1.165, 1.54) is 44.6 Å². The molecule has 1 aliphatic rings. The van der Waals surface area contributed by atoms with Crippen LogP contribution in [0.1, 0.15) is 25.3 Å². The van der Waals surface area contributed by atoms with Gasteiger partial charge in [0.25, 0.3) is 0 Å². The standard InChI is InChI=1S/C16H27N3/c1-3-16-13-19(11-10-18(16)2)9-5-7-14-6-4-8-15(17)12-14/h4,6,8,12,16H,3,5,7,9-11,13,17H2,1-2H3. The van der Waals surface area contributed by atoms with Crippen LogP contribution in [0.25, 0.3) is 0 Å². The Kier molecular flexibility index (Phi) is 5.23. The van der Waals surface area contributed by atoms with Crippen LogP contribution in [0.3, 0.4) is 0 Å². The lowest BCUT2D eigenvalue weighted by Gasteiger charge is -2.39. The molecule has 1 heterocycles. The van der Waals surface area contributed by atoms with Crippen molar-refractivity contribution in [1.82, 2.24) is 9.80 Å². The van der Waals surface area contributed by atoms with Crippen LogP contribution in [-0.4, -0.2) is 49.1 Å². The van der Waals surface area contributed by atoms with Crippen molar-refractivity contribution in [3.05, 3.63) is 29.8 Å². The summed E-state index contributed by atoms with van der Waals surface area (Å²) in [5.41, 5.74) is 8.05. The van der Waals surface area contributed by atoms with Gasteiger partial charge in [-0.05, 0) is 50.6 Å². The van der Waals surface area contributed by atoms with E-state index in [4.69, 9.17) is 5.73 Å². The summed E-state index contributed by atoms with van der Waals surface area (Å²) >= 11 is 0. The lowest BCUT2D eigenvalue weighted by Crippen LogP contribution is -2.51. The predicted octanol–water partition coefficient (Wildman–Crippen LogP) is 2.23. The minimum Gasteiger partial charge on any atom is -0.399 e. The summed E-state index contributed by atoms with van der Waals surface area (Å²) in [5, 5.41) is 0. The van der Waals surface area contributed by atoms with E-state index >= 15 is 0 Å². The molecule has 106 valence electrons. The van der Waals surface area contributed by atoms with Crippen molar-refractivity contribution in [2.24, 2.45) is 0 Å². The molecule has 1 aromatic carbocycles. The van der Waals surface area contributed by atoms with Crippen LogP contribution in [0.15, 0.2) is 24.3 Å². The van der Waals surface area contributed by atoms with Crippen LogP contribution in [0, 0.1) is 0 Å². The molecule has 3 nitrogen and oxygen atoms in total. The SMILES string of the molecule is CCC1CN(CCCc2cccc(N)c2)CCN1C. The van der Waals surface area contributed by atoms with E-state index < -0.39 is 0 Å². The average Bonchev–Trinajstić information content (AvgIpc) is 2.41. The maximum atomic E-state index is 5.81. The molecule has 1 saturated heterocycles. The Bertz CT molecular complexity index is 391. The molecule has 1 fully saturated rings. The first-order chi connectivity index (χ1) is 9.19. The molecule has 1 aromatic rings. The van der Waals surface area contributed by atoms with E-state index in [0.29, 0.717) is 0 Å². The quantitative estimate of drug-likeness (QED) is 0.825. The Morgan fingerprint density at radius 3 is 2.89 bits per heavy atom. The Balaban J connectivity index is 1.74. The molecule has 3 heteroatoms. The van der Waals surface area contributed by atoms with Crippen LogP contribution in [0.2, 0.25) is 0 Å². The summed E-state index contributed by atoms with van der Waals surface area (Å²) in [4.78, 5) is 5.11. The highest BCUT2D eigenvalue weighted by atomic mass is 15.3. The highest BCUT2D eigenvalue weighted by Crippen LogP contribution is 2.13. The average molecular weight is 261 g/mol. The van der Waals surface area contributed by atoms with Crippen molar-refractivity contribution >= 4 is 5.69 Å². The molecule has 2 rings (SSSR count). The van der Waals surface area contributed by atoms with Gasteiger partial charge < -0.3 is 15.5 Å². The molecule has 19 heavy (non-hydrogen) atoms. The Morgan fingerprint density at radius 1 is 1.32 bits per heavy atom. The normalized spacial score (nSPS) is 21.7. The number of benzene rings is 1. The first-order valence-corrected chi connectivity index (χ1v) is 7.46. The highest BCUT2D eigenvalue weighted by molar-refractivity contribution is 5.40. The van der Waals surface area contributed by atoms with E-state index in [0.717, 1.165) is 18.2 Å². The summed E-state index contributed by atoms with van der Waals surface area (Å²) in [6.45, 7) is 7.14. The van der Waals surface area contributed by atoms with Gasteiger partial charge in [0.1, 0.15) is 0 Å². The minimum atomic E-state index is 0.737. The maximum Gasteiger partial charge on any atom is 0.0316 e. The molecular formula is C16H27N3. The number of hydrogen-bond donors (Lipinski definition) is 1. The number of anilines is 1. The number of nitrogens with two attached hydrogens (primary N) is 1. The molecule has 1 aliphatic heterocycles. The highest BCUT2D eigenvalue weighted by Gasteiger charge is 2.21. The van der Waals surface area contributed by atoms with E-state index in [1.807, 2.05) is 12.1 Å². The zero-order valence-corrected chi connectivity index (χ0v) is 12.3. The van der Waals surface area contributed by atoms with Gasteiger partial charge in [-0.3, -0.25) is 0 Å². The van der Waals surface area contributed by atoms with Crippen molar-refractivity contribution < 1.29 is 0 Å². The first-order valence-electron chi connectivity index (χ1n) is 7.46. The zero-order valence-electron chi connectivity index (χ0n) is 12.3. The fraction of sp³-hybridized carbons (Fsp3) is 0.625. The zero-order chi connectivity index (χ0) is 13.7. The van der Waals surface area contributed by atoms with Crippen molar-refractivity contribution in [3.63, 3.8) is 0 Å². The minimum absolute atomic E-state index is 0.737. The summed E-state index contributed by atoms with van der Waals surface area (Å²) in [5.74, 6) is 0. The second kappa shape index (κ2) is 6.92. The fourth-order valence-electron chi connectivity index (χ4n) is 2.91. The summed E-state index contributed by atoms with van der Waals surface area (Å²) in [6.07, 6.45) is 3.61. The molecule has 0 amide bonds. The summed E-state index contributed by atoms with van der Waals surface area (Å²) in [6, 6.07) is 9.01. The fourth-order valence-corrected chi connectivity index (χ4v) is 2.91. The van der Waals surface area contributed by atoms with E-state index in [-0.39, 0.29) is 0 Å². The van der Waals surface area contributed by atoms with Crippen LogP contribution < -0.4 is 5.73 Å². The molecule has 1 atom stereocenters. The van der Waals surface area contributed by atoms with Crippen LogP contribution in [0.5, 0.6) is 0 Å². The van der Waals surface area contributed by atoms with Crippen molar-refractivity contribution in [2.45, 2.75) is 32.2 Å². The Morgan fingerprint density at radius 2 is 2.16 bits per heavy atom. The molecule has 0 radical (unpaired) electrons. The third kappa shape index (κ3) is 4.22. The second-order valence-corrected chi connectivity index (χ2v) is 5.69. The molecule has 0 saturated carbocycles. The topological polar surface area (TPSA) is 32.5 Å². The van der Waals surface area contributed by atoms with Gasteiger partial charge in [0.2, 0.25) is 0 Å². The van der Waals surface area contributed by atoms with Crippen molar-refractivity contribution in [1.29, 1.82) is 0 Å². The van der Waals surface area contributed by atoms with E-state index in [9.17, 15) is 0 Å². The number of aryl methyl sites for hydroxylation is 1. The first kappa shape index (κ1) is 14.4. The van der Waals surface area contributed by atoms with Gasteiger partial charge in [-0.1, -0.05) is 19.1 Å². The largest absolute Gasteiger partial charge is 0.399 e. The molecule has 0 bridgehead atoms. The summed E-state index contributed by atoms with van der Waals surface area (Å²) in [7, 11) is 2.25. The Labute approximate surface area is 117 Å². The van der Waals surface area contributed by atoms with Crippen molar-refractivity contribution in [3.8, 4) is 0 Å². The molecule has 2 N–H and O–H groups in total. The van der Waals surface area contributed by atoms with Gasteiger partial charge >= 0.3 is 0 Å². The number of hydrogen-bond acceptors (Lipinski definition) is 3. The predicted molar refractivity (Wildman–Crippen MR) is 82.3 cm³/mol. The number of likely N-dealkylation sites (N-methyl/N-ethyl adjacent to an activating group) is 1. The number of nitrogen functional groups attached to an aromatic ring is 1. The summed E-state index contributed by atoms with van der Waals surface area (Å²) < 4.78 is 0. The molecule has 1 unspecified atom stereocenters. The van der Waals surface area contributed by atoms with Gasteiger partial charge in [0.05, 0.1) is 0 Å². The third-order valence-electron chi connectivity index (χ3n) is 4.22. The van der Waals surface area contributed by atoms with Gasteiger partial charge in [0.15, 0.2) is 0 Å². The van der Waals surface area contributed by atoms with Gasteiger partial charge in [-0.15, -0.1) is 0 Å². The van der Waals surface area contributed by atoms with Crippen LogP contribution in [0.4, 0.5) is 5.69 Å². The van der Waals surface area contributed by atoms with Crippen LogP contribution >= 0.6 is 0 Å². The van der Waals surface area contributed by atoms with Gasteiger partial charge in [0, 0.05) is 31.4 Å². The number of piperazine rings is 1. The lowest BCUT2D eigenvalue weighted by atomic mass is 10.1. The number of rotatable bonds is 5. The van der Waals surface area contributed by atoms with Crippen LogP contribution in [-0.2, 0) is 6.42 Å². The second-order valence-electron chi connectivity index (χ2n) is 5.69. The van der Waals surface area contributed by atoms with E-state index in [1.54, 1.807) is 0 Å². The number of nitrogens with zero attached hydrogens (tertiary/aromatic N) is 2. The molecule has 0 spiro atoms. The van der Waals surface area contributed by atoms with Crippen molar-refractivity contribution in [2.75, 3.05) is 39.0 Å². The monoisotopic (exact) mass is 261 g/mol. The van der Waals surface area contributed by atoms with E-state index in [2.05, 4.69) is 35.9 Å². The lowest BCUT2D eigenvalue weighted by molar-refractivity contribution is 0.0926. The Hall–Kier alpha value is -1.06. The third-order valence-corrected chi connectivity index (χ3v) is 4.22. The molecule has 0 aliphatic carbocycles. The maximum absolute atomic E-state index is 5.81.